The number of pyridine rings is 2. The molecule has 0 spiro atoms. The normalized spacial score (nSPS) is 28.4. The maximum Gasteiger partial charge on any atom is 0.503 e. The third-order valence-corrected chi connectivity index (χ3v) is 11.6. The fourth-order valence-corrected chi connectivity index (χ4v) is 8.89. The van der Waals surface area contributed by atoms with Crippen molar-refractivity contribution >= 4 is 28.0 Å². The van der Waals surface area contributed by atoms with E-state index >= 15 is 0 Å². The highest BCUT2D eigenvalue weighted by atomic mass is 16.6. The molecule has 2 aromatic carbocycles. The van der Waals surface area contributed by atoms with Crippen LogP contribution in [0.25, 0.3) is 21.8 Å². The Morgan fingerprint density at radius 1 is 0.750 bits per heavy atom. The molecule has 4 bridgehead atoms. The van der Waals surface area contributed by atoms with Crippen molar-refractivity contribution in [2.75, 3.05) is 40.4 Å². The quantitative estimate of drug-likeness (QED) is 0.147. The molecule has 6 saturated heterocycles. The monoisotopic (exact) mass is 710 g/mol. The number of methoxy groups -OCH3 is 2. The molecule has 10 atom stereocenters. The minimum Gasteiger partial charge on any atom is -0.497 e. The fraction of sp³-hybridized carbons (Fsp3) is 0.439. The smallest absolute Gasteiger partial charge is 0.497 e. The second-order valence-electron chi connectivity index (χ2n) is 14.2. The lowest BCUT2D eigenvalue weighted by Crippen LogP contribution is -2.54. The average molecular weight is 711 g/mol. The summed E-state index contributed by atoms with van der Waals surface area (Å²) in [5.41, 5.74) is 3.69. The molecule has 8 heterocycles. The summed E-state index contributed by atoms with van der Waals surface area (Å²) in [7, 11) is 3.32. The van der Waals surface area contributed by atoms with E-state index in [4.69, 9.17) is 24.5 Å². The topological polar surface area (TPSA) is 149 Å². The SMILES string of the molecule is C=C[C@@H]1CN2CC[C@@H]1C[C@@H]2[C@@H](O)c1ccnc2ccc(OC)cc12.C=C[C@@H]1CN2CC[C@@H]1C[C@@H]2[C@@H](O)c1ccnc2ccc(OC)cc12.O=C(O)O. The molecule has 2 unspecified atom stereocenters. The van der Waals surface area contributed by atoms with Crippen molar-refractivity contribution in [1.82, 2.24) is 19.8 Å². The maximum atomic E-state index is 11.2. The van der Waals surface area contributed by atoms with Gasteiger partial charge in [-0.15, -0.1) is 13.2 Å². The molecule has 6 aliphatic heterocycles. The van der Waals surface area contributed by atoms with Crippen LogP contribution in [0, 0.1) is 23.7 Å². The molecule has 11 nitrogen and oxygen atoms in total. The van der Waals surface area contributed by atoms with Gasteiger partial charge in [0.15, 0.2) is 0 Å². The van der Waals surface area contributed by atoms with Gasteiger partial charge in [0.1, 0.15) is 11.5 Å². The van der Waals surface area contributed by atoms with Crippen LogP contribution in [-0.4, -0.2) is 98.8 Å². The lowest BCUT2D eigenvalue weighted by atomic mass is 9.73. The van der Waals surface area contributed by atoms with Gasteiger partial charge in [-0.3, -0.25) is 19.8 Å². The van der Waals surface area contributed by atoms with Gasteiger partial charge in [-0.25, -0.2) is 4.79 Å². The van der Waals surface area contributed by atoms with E-state index in [1.54, 1.807) is 26.6 Å². The molecule has 6 fully saturated rings. The molecule has 0 radical (unpaired) electrons. The van der Waals surface area contributed by atoms with E-state index in [2.05, 4.69) is 45.1 Å². The molecule has 276 valence electrons. The van der Waals surface area contributed by atoms with Crippen molar-refractivity contribution in [2.45, 2.75) is 50.0 Å². The molecule has 11 heteroatoms. The molecule has 2 aromatic heterocycles. The summed E-state index contributed by atoms with van der Waals surface area (Å²) < 4.78 is 10.7. The van der Waals surface area contributed by atoms with E-state index in [0.29, 0.717) is 23.7 Å². The molecule has 10 rings (SSSR count). The van der Waals surface area contributed by atoms with E-state index in [9.17, 15) is 10.2 Å². The Bertz CT molecular complexity index is 1750. The third kappa shape index (κ3) is 7.78. The number of hydrogen-bond donors (Lipinski definition) is 4. The second kappa shape index (κ2) is 16.4. The van der Waals surface area contributed by atoms with Gasteiger partial charge >= 0.3 is 6.16 Å². The van der Waals surface area contributed by atoms with E-state index in [1.165, 1.54) is 12.8 Å². The zero-order valence-corrected chi connectivity index (χ0v) is 29.9. The van der Waals surface area contributed by atoms with Gasteiger partial charge in [0.25, 0.3) is 0 Å². The van der Waals surface area contributed by atoms with Crippen LogP contribution in [0.3, 0.4) is 0 Å². The van der Waals surface area contributed by atoms with Gasteiger partial charge in [0, 0.05) is 48.3 Å². The number of fused-ring (bicyclic) bond motifs is 8. The molecule has 52 heavy (non-hydrogen) atoms. The number of piperidine rings is 6. The predicted molar refractivity (Wildman–Crippen MR) is 201 cm³/mol. The molecule has 4 N–H and O–H groups in total. The van der Waals surface area contributed by atoms with Crippen LogP contribution >= 0.6 is 0 Å². The van der Waals surface area contributed by atoms with Crippen molar-refractivity contribution in [2.24, 2.45) is 23.7 Å². The summed E-state index contributed by atoms with van der Waals surface area (Å²) in [6, 6.07) is 15.9. The number of benzene rings is 2. The summed E-state index contributed by atoms with van der Waals surface area (Å²) in [5.74, 6) is 4.01. The third-order valence-electron chi connectivity index (χ3n) is 11.6. The van der Waals surface area contributed by atoms with E-state index in [1.807, 2.05) is 48.5 Å². The van der Waals surface area contributed by atoms with Crippen molar-refractivity contribution in [3.63, 3.8) is 0 Å². The van der Waals surface area contributed by atoms with Gasteiger partial charge in [-0.2, -0.15) is 0 Å². The minimum atomic E-state index is -1.83. The van der Waals surface area contributed by atoms with Crippen molar-refractivity contribution in [3.8, 4) is 11.5 Å². The van der Waals surface area contributed by atoms with E-state index in [0.717, 1.165) is 83.5 Å². The van der Waals surface area contributed by atoms with Crippen molar-refractivity contribution in [3.05, 3.63) is 97.4 Å². The molecular weight excluding hydrogens is 660 g/mol. The Labute approximate surface area is 304 Å². The first-order chi connectivity index (χ1) is 25.1. The van der Waals surface area contributed by atoms with Gasteiger partial charge < -0.3 is 29.9 Å². The Hall–Kier alpha value is -4.55. The molecular formula is C41H50N4O7. The summed E-state index contributed by atoms with van der Waals surface area (Å²) in [5, 5.41) is 38.2. The van der Waals surface area contributed by atoms with Crippen LogP contribution in [0.15, 0.2) is 86.2 Å². The maximum absolute atomic E-state index is 11.2. The first kappa shape index (κ1) is 37.2. The van der Waals surface area contributed by atoms with Crippen LogP contribution < -0.4 is 9.47 Å². The standard InChI is InChI=1S/2C20H24N2O2.CH2O3/c2*1-3-13-12-22-9-7-14(13)10-19(22)20(23)16-6-8-21-18-5-4-15(24-2)11-17(16)18;2-1(3)4/h2*3-6,8,11,13-14,19-20,23H,1,7,9-10,12H2,2H3;(H2,2,3,4)/t2*13-,14-,19-,20+;/m11./s1. The number of rotatable bonds is 8. The van der Waals surface area contributed by atoms with E-state index < -0.39 is 18.4 Å². The molecule has 0 amide bonds. The molecule has 0 saturated carbocycles. The number of nitrogens with zero attached hydrogens (tertiary/aromatic N) is 4. The number of carbonyl (C=O) groups is 1. The lowest BCUT2D eigenvalue weighted by molar-refractivity contribution is -0.0445. The summed E-state index contributed by atoms with van der Waals surface area (Å²) in [4.78, 5) is 22.3. The van der Waals surface area contributed by atoms with Crippen molar-refractivity contribution in [1.29, 1.82) is 0 Å². The van der Waals surface area contributed by atoms with Crippen LogP contribution in [-0.2, 0) is 0 Å². The Kier molecular flexibility index (Phi) is 11.7. The Balaban J connectivity index is 0.000000162. The highest BCUT2D eigenvalue weighted by Gasteiger charge is 2.43. The molecule has 6 aliphatic rings. The van der Waals surface area contributed by atoms with Crippen LogP contribution in [0.4, 0.5) is 4.79 Å². The average Bonchev–Trinajstić information content (AvgIpc) is 3.19. The largest absolute Gasteiger partial charge is 0.503 e. The molecule has 0 aliphatic carbocycles. The number of aliphatic hydroxyl groups is 2. The predicted octanol–water partition coefficient (Wildman–Crippen LogP) is 6.57. The Morgan fingerprint density at radius 3 is 1.48 bits per heavy atom. The first-order valence-corrected chi connectivity index (χ1v) is 18.0. The van der Waals surface area contributed by atoms with Gasteiger partial charge in [0.2, 0.25) is 0 Å². The van der Waals surface area contributed by atoms with Gasteiger partial charge in [0.05, 0.1) is 37.5 Å². The highest BCUT2D eigenvalue weighted by Crippen LogP contribution is 2.43. The summed E-state index contributed by atoms with van der Waals surface area (Å²) >= 11 is 0. The van der Waals surface area contributed by atoms with E-state index in [-0.39, 0.29) is 12.1 Å². The summed E-state index contributed by atoms with van der Waals surface area (Å²) in [6.07, 6.45) is 9.41. The van der Waals surface area contributed by atoms with Crippen molar-refractivity contribution < 1.29 is 34.7 Å². The molecule has 4 aromatic rings. The fourth-order valence-electron chi connectivity index (χ4n) is 8.89. The number of aliphatic hydroxyl groups excluding tert-OH is 2. The number of ether oxygens (including phenoxy) is 2. The highest BCUT2D eigenvalue weighted by molar-refractivity contribution is 5.84. The lowest BCUT2D eigenvalue weighted by Gasteiger charge is -2.50. The van der Waals surface area contributed by atoms with Gasteiger partial charge in [-0.05, 0) is 122 Å². The van der Waals surface area contributed by atoms with Crippen LogP contribution in [0.5, 0.6) is 11.5 Å². The number of aromatic nitrogens is 2. The van der Waals surface area contributed by atoms with Crippen LogP contribution in [0.2, 0.25) is 0 Å². The van der Waals surface area contributed by atoms with Gasteiger partial charge in [-0.1, -0.05) is 12.2 Å². The first-order valence-electron chi connectivity index (χ1n) is 18.0. The summed E-state index contributed by atoms with van der Waals surface area (Å²) in [6.45, 7) is 12.1. The van der Waals surface area contributed by atoms with Crippen LogP contribution in [0.1, 0.15) is 49.0 Å². The number of carboxylic acid groups (broad SMARTS) is 2. The zero-order valence-electron chi connectivity index (χ0n) is 29.9. The zero-order chi connectivity index (χ0) is 36.9. The second-order valence-corrected chi connectivity index (χ2v) is 14.2. The Morgan fingerprint density at radius 2 is 1.15 bits per heavy atom. The minimum absolute atomic E-state index is 0.178. The number of hydrogen-bond acceptors (Lipinski definition) is 9.